The minimum atomic E-state index is 0.293. The fourth-order valence-electron chi connectivity index (χ4n) is 2.36. The first-order chi connectivity index (χ1) is 9.86. The predicted octanol–water partition coefficient (Wildman–Crippen LogP) is 3.58. The van der Waals surface area contributed by atoms with Crippen molar-refractivity contribution in [1.82, 2.24) is 15.3 Å². The van der Waals surface area contributed by atoms with Crippen molar-refractivity contribution in [3.8, 4) is 0 Å². The highest BCUT2D eigenvalue weighted by atomic mass is 32.1. The Kier molecular flexibility index (Phi) is 4.04. The van der Waals surface area contributed by atoms with Crippen LogP contribution in [0, 0.1) is 0 Å². The van der Waals surface area contributed by atoms with Crippen molar-refractivity contribution >= 4 is 21.6 Å². The van der Waals surface area contributed by atoms with Gasteiger partial charge in [-0.25, -0.2) is 0 Å². The van der Waals surface area contributed by atoms with Crippen LogP contribution in [0.2, 0.25) is 0 Å². The average molecular weight is 283 g/mol. The maximum atomic E-state index is 4.54. The van der Waals surface area contributed by atoms with Gasteiger partial charge >= 0.3 is 0 Å². The molecule has 0 spiro atoms. The van der Waals surface area contributed by atoms with Gasteiger partial charge in [0.2, 0.25) is 0 Å². The van der Waals surface area contributed by atoms with Gasteiger partial charge in [-0.05, 0) is 53.7 Å². The fourth-order valence-corrected chi connectivity index (χ4v) is 3.15. The zero-order chi connectivity index (χ0) is 13.8. The van der Waals surface area contributed by atoms with Gasteiger partial charge in [-0.3, -0.25) is 9.97 Å². The molecule has 0 saturated carbocycles. The Morgan fingerprint density at radius 2 is 2.10 bits per heavy atom. The minimum Gasteiger partial charge on any atom is -0.310 e. The van der Waals surface area contributed by atoms with Gasteiger partial charge in [0.05, 0.1) is 10.2 Å². The van der Waals surface area contributed by atoms with Crippen LogP contribution in [0.1, 0.15) is 24.1 Å². The lowest BCUT2D eigenvalue weighted by molar-refractivity contribution is 0.549. The van der Waals surface area contributed by atoms with Crippen LogP contribution >= 0.6 is 11.3 Å². The second-order valence-electron chi connectivity index (χ2n) is 4.74. The quantitative estimate of drug-likeness (QED) is 0.777. The van der Waals surface area contributed by atoms with E-state index in [-0.39, 0.29) is 0 Å². The number of likely N-dealkylation sites (N-methyl/N-ethyl adjacent to an activating group) is 1. The zero-order valence-electron chi connectivity index (χ0n) is 11.4. The molecule has 0 amide bonds. The highest BCUT2D eigenvalue weighted by Gasteiger charge is 2.12. The highest BCUT2D eigenvalue weighted by Crippen LogP contribution is 2.24. The van der Waals surface area contributed by atoms with E-state index in [9.17, 15) is 0 Å². The van der Waals surface area contributed by atoms with E-state index >= 15 is 0 Å². The molecule has 3 heterocycles. The summed E-state index contributed by atoms with van der Waals surface area (Å²) in [5.41, 5.74) is 3.62. The molecule has 0 bridgehead atoms. The first-order valence-electron chi connectivity index (χ1n) is 6.82. The van der Waals surface area contributed by atoms with Crippen molar-refractivity contribution in [2.75, 3.05) is 6.54 Å². The minimum absolute atomic E-state index is 0.293. The Labute approximate surface area is 122 Å². The van der Waals surface area contributed by atoms with Crippen LogP contribution in [0.4, 0.5) is 0 Å². The average Bonchev–Trinajstić information content (AvgIpc) is 2.95. The van der Waals surface area contributed by atoms with Crippen LogP contribution < -0.4 is 5.32 Å². The van der Waals surface area contributed by atoms with Crippen LogP contribution in [0.25, 0.3) is 10.2 Å². The summed E-state index contributed by atoms with van der Waals surface area (Å²) in [5.74, 6) is 0. The summed E-state index contributed by atoms with van der Waals surface area (Å²) >= 11 is 1.74. The molecule has 0 aliphatic carbocycles. The fraction of sp³-hybridized carbons (Fsp3) is 0.250. The van der Waals surface area contributed by atoms with Gasteiger partial charge in [0.25, 0.3) is 0 Å². The number of hydrogen-bond donors (Lipinski definition) is 1. The molecule has 1 unspecified atom stereocenters. The molecule has 0 aliphatic rings. The largest absolute Gasteiger partial charge is 0.310 e. The van der Waals surface area contributed by atoms with E-state index in [4.69, 9.17) is 0 Å². The summed E-state index contributed by atoms with van der Waals surface area (Å²) in [5, 5.41) is 5.64. The molecule has 3 nitrogen and oxygen atoms in total. The monoisotopic (exact) mass is 283 g/mol. The van der Waals surface area contributed by atoms with Crippen molar-refractivity contribution in [3.05, 3.63) is 59.4 Å². The molecule has 0 aromatic carbocycles. The molecule has 1 N–H and O–H groups in total. The summed E-state index contributed by atoms with van der Waals surface area (Å²) in [6.45, 7) is 3.08. The molecule has 102 valence electrons. The van der Waals surface area contributed by atoms with Crippen molar-refractivity contribution in [2.45, 2.75) is 19.4 Å². The number of nitrogens with zero attached hydrogens (tertiary/aromatic N) is 2. The van der Waals surface area contributed by atoms with Gasteiger partial charge in [-0.2, -0.15) is 0 Å². The summed E-state index contributed by atoms with van der Waals surface area (Å²) < 4.78 is 1.25. The topological polar surface area (TPSA) is 37.8 Å². The zero-order valence-corrected chi connectivity index (χ0v) is 12.2. The lowest BCUT2D eigenvalue weighted by Crippen LogP contribution is -2.23. The Balaban J connectivity index is 1.89. The van der Waals surface area contributed by atoms with Crippen molar-refractivity contribution in [1.29, 1.82) is 0 Å². The van der Waals surface area contributed by atoms with E-state index in [1.807, 2.05) is 18.6 Å². The van der Waals surface area contributed by atoms with Gasteiger partial charge in [0.15, 0.2) is 0 Å². The first-order valence-corrected chi connectivity index (χ1v) is 7.70. The number of nitrogens with one attached hydrogen (secondary N) is 1. The van der Waals surface area contributed by atoms with Crippen LogP contribution in [0.15, 0.2) is 48.2 Å². The maximum Gasteiger partial charge on any atom is 0.0809 e. The molecule has 20 heavy (non-hydrogen) atoms. The Hall–Kier alpha value is -1.78. The SMILES string of the molecule is CCNC(Cc1ccncc1)c1cnc2ccsc2c1. The first kappa shape index (κ1) is 13.2. The van der Waals surface area contributed by atoms with Gasteiger partial charge in [0, 0.05) is 24.6 Å². The third kappa shape index (κ3) is 2.86. The van der Waals surface area contributed by atoms with Gasteiger partial charge in [0.1, 0.15) is 0 Å². The number of rotatable bonds is 5. The molecule has 4 heteroatoms. The van der Waals surface area contributed by atoms with Crippen molar-refractivity contribution < 1.29 is 0 Å². The second kappa shape index (κ2) is 6.11. The van der Waals surface area contributed by atoms with E-state index in [2.05, 4.69) is 51.9 Å². The van der Waals surface area contributed by atoms with Gasteiger partial charge in [-0.15, -0.1) is 11.3 Å². The Bertz CT molecular complexity index is 678. The molecule has 3 rings (SSSR count). The van der Waals surface area contributed by atoms with E-state index in [0.717, 1.165) is 18.5 Å². The summed E-state index contributed by atoms with van der Waals surface area (Å²) in [6, 6.07) is 8.75. The normalized spacial score (nSPS) is 12.7. The van der Waals surface area contributed by atoms with Crippen LogP contribution in [-0.2, 0) is 6.42 Å². The summed E-state index contributed by atoms with van der Waals surface area (Å²) in [4.78, 5) is 8.62. The highest BCUT2D eigenvalue weighted by molar-refractivity contribution is 7.17. The van der Waals surface area contributed by atoms with Gasteiger partial charge in [-0.1, -0.05) is 6.92 Å². The number of pyridine rings is 2. The van der Waals surface area contributed by atoms with Crippen molar-refractivity contribution in [3.63, 3.8) is 0 Å². The molecule has 3 aromatic heterocycles. The molecule has 0 radical (unpaired) electrons. The third-order valence-corrected chi connectivity index (χ3v) is 4.22. The summed E-state index contributed by atoms with van der Waals surface area (Å²) in [7, 11) is 0. The van der Waals surface area contributed by atoms with Crippen LogP contribution in [0.3, 0.4) is 0 Å². The molecule has 1 atom stereocenters. The molecule has 3 aromatic rings. The summed E-state index contributed by atoms with van der Waals surface area (Å²) in [6.07, 6.45) is 6.64. The third-order valence-electron chi connectivity index (χ3n) is 3.37. The Morgan fingerprint density at radius 3 is 2.90 bits per heavy atom. The molecule has 0 saturated heterocycles. The van der Waals surface area contributed by atoms with E-state index < -0.39 is 0 Å². The number of fused-ring (bicyclic) bond motifs is 1. The van der Waals surface area contributed by atoms with E-state index in [0.29, 0.717) is 6.04 Å². The predicted molar refractivity (Wildman–Crippen MR) is 84.0 cm³/mol. The number of thiophene rings is 1. The number of hydrogen-bond acceptors (Lipinski definition) is 4. The van der Waals surface area contributed by atoms with Crippen LogP contribution in [-0.4, -0.2) is 16.5 Å². The maximum absolute atomic E-state index is 4.54. The Morgan fingerprint density at radius 1 is 1.25 bits per heavy atom. The second-order valence-corrected chi connectivity index (χ2v) is 5.69. The van der Waals surface area contributed by atoms with E-state index in [1.54, 1.807) is 11.3 Å². The van der Waals surface area contributed by atoms with Gasteiger partial charge < -0.3 is 5.32 Å². The van der Waals surface area contributed by atoms with Crippen molar-refractivity contribution in [2.24, 2.45) is 0 Å². The molecule has 0 fully saturated rings. The smallest absolute Gasteiger partial charge is 0.0809 e. The lowest BCUT2D eigenvalue weighted by Gasteiger charge is -2.18. The molecule has 0 aliphatic heterocycles. The number of aromatic nitrogens is 2. The molecular formula is C16H17N3S. The molecular weight excluding hydrogens is 266 g/mol. The lowest BCUT2D eigenvalue weighted by atomic mass is 10.0. The van der Waals surface area contributed by atoms with Crippen LogP contribution in [0.5, 0.6) is 0 Å². The van der Waals surface area contributed by atoms with E-state index in [1.165, 1.54) is 15.8 Å². The standard InChI is InChI=1S/C16H17N3S/c1-2-18-15(9-12-3-6-17-7-4-12)13-10-16-14(19-11-13)5-8-20-16/h3-8,10-11,15,18H,2,9H2,1H3.